The van der Waals surface area contributed by atoms with Crippen molar-refractivity contribution in [2.75, 3.05) is 14.2 Å². The van der Waals surface area contributed by atoms with Crippen molar-refractivity contribution < 1.29 is 14.3 Å². The number of hydrogen-bond donors (Lipinski definition) is 1. The van der Waals surface area contributed by atoms with Crippen molar-refractivity contribution in [3.8, 4) is 11.5 Å². The Hall–Kier alpha value is -3.41. The third kappa shape index (κ3) is 3.64. The number of aromatic amines is 1. The van der Waals surface area contributed by atoms with E-state index in [0.717, 1.165) is 5.56 Å². The molecule has 0 amide bonds. The normalized spacial score (nSPS) is 10.4. The van der Waals surface area contributed by atoms with Gasteiger partial charge in [0.1, 0.15) is 11.5 Å². The van der Waals surface area contributed by atoms with Crippen LogP contribution in [0.3, 0.4) is 0 Å². The molecule has 0 fully saturated rings. The number of ether oxygens (including phenoxy) is 2. The van der Waals surface area contributed by atoms with Gasteiger partial charge >= 0.3 is 0 Å². The highest BCUT2D eigenvalue weighted by molar-refractivity contribution is 6.11. The smallest absolute Gasteiger partial charge is 0.264 e. The summed E-state index contributed by atoms with van der Waals surface area (Å²) >= 11 is 0. The molecule has 132 valence electrons. The molecule has 3 rings (SSSR count). The minimum absolute atomic E-state index is 0.138. The van der Waals surface area contributed by atoms with Crippen LogP contribution < -0.4 is 15.0 Å². The first-order valence-electron chi connectivity index (χ1n) is 8.01. The molecule has 26 heavy (non-hydrogen) atoms. The molecule has 6 heteroatoms. The number of methoxy groups -OCH3 is 2. The zero-order valence-electron chi connectivity index (χ0n) is 14.5. The van der Waals surface area contributed by atoms with Crippen molar-refractivity contribution in [1.82, 2.24) is 10.2 Å². The van der Waals surface area contributed by atoms with Crippen molar-refractivity contribution >= 4 is 5.78 Å². The molecular weight excluding hydrogens is 332 g/mol. The van der Waals surface area contributed by atoms with Crippen LogP contribution in [0.5, 0.6) is 11.5 Å². The highest BCUT2D eigenvalue weighted by Crippen LogP contribution is 2.28. The fourth-order valence-corrected chi connectivity index (χ4v) is 2.71. The Morgan fingerprint density at radius 2 is 1.77 bits per heavy atom. The Morgan fingerprint density at radius 1 is 1.00 bits per heavy atom. The van der Waals surface area contributed by atoms with E-state index in [4.69, 9.17) is 9.47 Å². The van der Waals surface area contributed by atoms with E-state index in [1.54, 1.807) is 49.6 Å². The molecule has 0 saturated heterocycles. The topological polar surface area (TPSA) is 81.3 Å². The highest BCUT2D eigenvalue weighted by Gasteiger charge is 2.18. The van der Waals surface area contributed by atoms with Gasteiger partial charge in [-0.25, -0.2) is 5.10 Å². The zero-order chi connectivity index (χ0) is 18.5. The molecule has 0 radical (unpaired) electrons. The van der Waals surface area contributed by atoms with Gasteiger partial charge in [0.2, 0.25) is 0 Å². The van der Waals surface area contributed by atoms with Crippen molar-refractivity contribution in [3.63, 3.8) is 0 Å². The molecule has 0 aliphatic carbocycles. The standard InChI is InChI=1S/C20H18N2O4/c1-25-16-9-6-13(7-10-16)19(24)17-5-3-4-14(20(17)26-2)12-15-8-11-18(23)22-21-15/h3-11H,12H2,1-2H3,(H,22,23). The van der Waals surface area contributed by atoms with Gasteiger partial charge in [0.05, 0.1) is 25.5 Å². The predicted molar refractivity (Wildman–Crippen MR) is 97.1 cm³/mol. The summed E-state index contributed by atoms with van der Waals surface area (Å²) in [6, 6.07) is 15.4. The molecule has 0 atom stereocenters. The van der Waals surface area contributed by atoms with Crippen molar-refractivity contribution in [1.29, 1.82) is 0 Å². The van der Waals surface area contributed by atoms with Gasteiger partial charge in [-0.2, -0.15) is 5.10 Å². The number of rotatable bonds is 6. The summed E-state index contributed by atoms with van der Waals surface area (Å²) in [5.41, 5.74) is 2.25. The molecule has 0 unspecified atom stereocenters. The third-order valence-electron chi connectivity index (χ3n) is 4.01. The SMILES string of the molecule is COc1ccc(C(=O)c2cccc(Cc3ccc(=O)[nH]n3)c2OC)cc1. The Balaban J connectivity index is 1.95. The molecule has 0 aliphatic heterocycles. The number of hydrogen-bond acceptors (Lipinski definition) is 5. The fraction of sp³-hybridized carbons (Fsp3) is 0.150. The Bertz CT molecular complexity index is 957. The first kappa shape index (κ1) is 17.4. The first-order chi connectivity index (χ1) is 12.6. The minimum Gasteiger partial charge on any atom is -0.497 e. The number of H-pyrrole nitrogens is 1. The van der Waals surface area contributed by atoms with Gasteiger partial charge < -0.3 is 9.47 Å². The number of nitrogens with zero attached hydrogens (tertiary/aromatic N) is 1. The van der Waals surface area contributed by atoms with E-state index < -0.39 is 0 Å². The van der Waals surface area contributed by atoms with Crippen LogP contribution in [-0.2, 0) is 6.42 Å². The quantitative estimate of drug-likeness (QED) is 0.691. The van der Waals surface area contributed by atoms with Crippen LogP contribution in [0.4, 0.5) is 0 Å². The summed E-state index contributed by atoms with van der Waals surface area (Å²) in [6.07, 6.45) is 0.434. The van der Waals surface area contributed by atoms with Gasteiger partial charge in [0.25, 0.3) is 5.56 Å². The first-order valence-corrected chi connectivity index (χ1v) is 8.01. The molecule has 0 bridgehead atoms. The van der Waals surface area contributed by atoms with E-state index in [-0.39, 0.29) is 11.3 Å². The average Bonchev–Trinajstić information content (AvgIpc) is 2.69. The van der Waals surface area contributed by atoms with E-state index in [9.17, 15) is 9.59 Å². The van der Waals surface area contributed by atoms with Gasteiger partial charge in [0.15, 0.2) is 5.78 Å². The van der Waals surface area contributed by atoms with Crippen LogP contribution in [0, 0.1) is 0 Å². The minimum atomic E-state index is -0.260. The summed E-state index contributed by atoms with van der Waals surface area (Å²) in [6.45, 7) is 0. The number of aromatic nitrogens is 2. The molecule has 1 N–H and O–H groups in total. The van der Waals surface area contributed by atoms with Crippen molar-refractivity contribution in [2.24, 2.45) is 0 Å². The van der Waals surface area contributed by atoms with Crippen LogP contribution in [0.2, 0.25) is 0 Å². The number of carbonyl (C=O) groups excluding carboxylic acids is 1. The van der Waals surface area contributed by atoms with Crippen LogP contribution >= 0.6 is 0 Å². The van der Waals surface area contributed by atoms with Crippen LogP contribution in [-0.4, -0.2) is 30.2 Å². The van der Waals surface area contributed by atoms with Gasteiger partial charge in [-0.3, -0.25) is 9.59 Å². The van der Waals surface area contributed by atoms with Crippen LogP contribution in [0.15, 0.2) is 59.4 Å². The maximum Gasteiger partial charge on any atom is 0.264 e. The maximum atomic E-state index is 12.9. The van der Waals surface area contributed by atoms with Crippen molar-refractivity contribution in [3.05, 3.63) is 87.3 Å². The molecule has 2 aromatic carbocycles. The number of benzene rings is 2. The lowest BCUT2D eigenvalue weighted by molar-refractivity contribution is 0.103. The van der Waals surface area contributed by atoms with Crippen molar-refractivity contribution in [2.45, 2.75) is 6.42 Å². The van der Waals surface area contributed by atoms with E-state index >= 15 is 0 Å². The number of para-hydroxylation sites is 1. The largest absolute Gasteiger partial charge is 0.497 e. The monoisotopic (exact) mass is 350 g/mol. The van der Waals surface area contributed by atoms with Gasteiger partial charge in [0, 0.05) is 23.6 Å². The summed E-state index contributed by atoms with van der Waals surface area (Å²) in [5, 5.41) is 6.42. The Morgan fingerprint density at radius 3 is 2.38 bits per heavy atom. The second-order valence-corrected chi connectivity index (χ2v) is 5.64. The molecule has 3 aromatic rings. The lowest BCUT2D eigenvalue weighted by atomic mass is 9.98. The average molecular weight is 350 g/mol. The number of carbonyl (C=O) groups is 1. The number of nitrogens with one attached hydrogen (secondary N) is 1. The molecule has 1 heterocycles. The molecular formula is C20H18N2O4. The highest BCUT2D eigenvalue weighted by atomic mass is 16.5. The third-order valence-corrected chi connectivity index (χ3v) is 4.01. The van der Waals surface area contributed by atoms with Crippen LogP contribution in [0.1, 0.15) is 27.2 Å². The second-order valence-electron chi connectivity index (χ2n) is 5.64. The fourth-order valence-electron chi connectivity index (χ4n) is 2.71. The van der Waals surface area contributed by atoms with Gasteiger partial charge in [-0.05, 0) is 36.4 Å². The number of ketones is 1. The summed E-state index contributed by atoms with van der Waals surface area (Å²) in [7, 11) is 3.11. The van der Waals surface area contributed by atoms with Gasteiger partial charge in [-0.1, -0.05) is 12.1 Å². The lowest BCUT2D eigenvalue weighted by Crippen LogP contribution is -2.09. The molecule has 6 nitrogen and oxygen atoms in total. The summed E-state index contributed by atoms with van der Waals surface area (Å²) < 4.78 is 10.6. The molecule has 1 aromatic heterocycles. The Kier molecular flexibility index (Phi) is 5.12. The van der Waals surface area contributed by atoms with E-state index in [2.05, 4.69) is 10.2 Å². The van der Waals surface area contributed by atoms with Crippen LogP contribution in [0.25, 0.3) is 0 Å². The van der Waals surface area contributed by atoms with Gasteiger partial charge in [-0.15, -0.1) is 0 Å². The predicted octanol–water partition coefficient (Wildman–Crippen LogP) is 2.61. The molecule has 0 aliphatic rings. The van der Waals surface area contributed by atoms with E-state index in [1.165, 1.54) is 13.2 Å². The summed E-state index contributed by atoms with van der Waals surface area (Å²) in [4.78, 5) is 24.0. The maximum absolute atomic E-state index is 12.9. The zero-order valence-corrected chi connectivity index (χ0v) is 14.5. The van der Waals surface area contributed by atoms with E-state index in [0.29, 0.717) is 34.7 Å². The summed E-state index contributed by atoms with van der Waals surface area (Å²) in [5.74, 6) is 1.05. The second kappa shape index (κ2) is 7.65. The Labute approximate surface area is 150 Å². The van der Waals surface area contributed by atoms with E-state index in [1.807, 2.05) is 6.07 Å². The lowest BCUT2D eigenvalue weighted by Gasteiger charge is -2.13. The molecule has 0 saturated carbocycles. The molecule has 0 spiro atoms.